The minimum Gasteiger partial charge on any atom is -0.365 e. The summed E-state index contributed by atoms with van der Waals surface area (Å²) in [6, 6.07) is 12.8. The minimum absolute atomic E-state index is 0.0984. The van der Waals surface area contributed by atoms with Gasteiger partial charge in [0.2, 0.25) is 16.0 Å². The van der Waals surface area contributed by atoms with Crippen molar-refractivity contribution in [2.24, 2.45) is 0 Å². The molecule has 0 saturated carbocycles. The van der Waals surface area contributed by atoms with E-state index in [-0.39, 0.29) is 18.4 Å². The second kappa shape index (κ2) is 10.4. The molecule has 13 heteroatoms. The highest BCUT2D eigenvalue weighted by molar-refractivity contribution is 7.92. The van der Waals surface area contributed by atoms with Crippen LogP contribution in [0.1, 0.15) is 21.5 Å². The maximum absolute atomic E-state index is 13.6. The maximum Gasteiger partial charge on any atom is 0.421 e. The SMILES string of the molecule is CN(C)C(=O)c1ccc(Nc2ncc(C(F)(F)F)c(NCc3ccccc3N(C)S(C)(=O)=O)n2)cc1. The summed E-state index contributed by atoms with van der Waals surface area (Å²) in [6.45, 7) is -0.128. The molecular weight excluding hydrogens is 497 g/mol. The molecule has 36 heavy (non-hydrogen) atoms. The fraction of sp³-hybridized carbons (Fsp3) is 0.261. The molecule has 2 aromatic carbocycles. The number of halogens is 3. The Hall–Kier alpha value is -3.87. The molecule has 1 heterocycles. The summed E-state index contributed by atoms with van der Waals surface area (Å²) in [6.07, 6.45) is -3.03. The van der Waals surface area contributed by atoms with Gasteiger partial charge in [0.1, 0.15) is 11.4 Å². The van der Waals surface area contributed by atoms with Crippen LogP contribution in [0.25, 0.3) is 0 Å². The number of alkyl halides is 3. The topological polar surface area (TPSA) is 108 Å². The number of benzene rings is 2. The number of carbonyl (C=O) groups is 1. The summed E-state index contributed by atoms with van der Waals surface area (Å²) in [4.78, 5) is 21.2. The quantitative estimate of drug-likeness (QED) is 0.461. The van der Waals surface area contributed by atoms with Crippen molar-refractivity contribution in [3.8, 4) is 0 Å². The summed E-state index contributed by atoms with van der Waals surface area (Å²) in [5, 5.41) is 5.49. The van der Waals surface area contributed by atoms with Crippen molar-refractivity contribution in [3.05, 3.63) is 71.4 Å². The average molecular weight is 523 g/mol. The van der Waals surface area contributed by atoms with Gasteiger partial charge in [-0.15, -0.1) is 0 Å². The molecule has 0 aliphatic rings. The highest BCUT2D eigenvalue weighted by Gasteiger charge is 2.35. The van der Waals surface area contributed by atoms with Crippen LogP contribution < -0.4 is 14.9 Å². The van der Waals surface area contributed by atoms with Gasteiger partial charge in [-0.05, 0) is 35.9 Å². The molecule has 0 unspecified atom stereocenters. The van der Waals surface area contributed by atoms with E-state index in [0.717, 1.165) is 10.6 Å². The van der Waals surface area contributed by atoms with Gasteiger partial charge in [-0.1, -0.05) is 18.2 Å². The summed E-state index contributed by atoms with van der Waals surface area (Å²) in [5.74, 6) is -0.768. The highest BCUT2D eigenvalue weighted by atomic mass is 32.2. The van der Waals surface area contributed by atoms with Crippen LogP contribution in [0.5, 0.6) is 0 Å². The lowest BCUT2D eigenvalue weighted by molar-refractivity contribution is -0.137. The fourth-order valence-corrected chi connectivity index (χ4v) is 3.73. The summed E-state index contributed by atoms with van der Waals surface area (Å²) in [5.41, 5.74) is 0.609. The lowest BCUT2D eigenvalue weighted by Gasteiger charge is -2.21. The van der Waals surface area contributed by atoms with E-state index in [1.165, 1.54) is 11.9 Å². The molecule has 0 atom stereocenters. The number of para-hydroxylation sites is 1. The fourth-order valence-electron chi connectivity index (χ4n) is 3.19. The molecule has 0 bridgehead atoms. The number of sulfonamides is 1. The molecule has 0 spiro atoms. The zero-order chi connectivity index (χ0) is 26.7. The van der Waals surface area contributed by atoms with Crippen molar-refractivity contribution < 1.29 is 26.4 Å². The Morgan fingerprint density at radius 1 is 1.03 bits per heavy atom. The third-order valence-electron chi connectivity index (χ3n) is 5.16. The molecule has 1 amide bonds. The number of nitrogens with zero attached hydrogens (tertiary/aromatic N) is 4. The third-order valence-corrected chi connectivity index (χ3v) is 6.35. The van der Waals surface area contributed by atoms with Gasteiger partial charge < -0.3 is 15.5 Å². The van der Waals surface area contributed by atoms with E-state index in [0.29, 0.717) is 28.7 Å². The van der Waals surface area contributed by atoms with E-state index in [9.17, 15) is 26.4 Å². The first kappa shape index (κ1) is 26.7. The molecule has 0 radical (unpaired) electrons. The number of carbonyl (C=O) groups excluding carboxylic acids is 1. The molecule has 3 aromatic rings. The molecule has 0 aliphatic carbocycles. The number of hydrogen-bond donors (Lipinski definition) is 2. The van der Waals surface area contributed by atoms with Crippen LogP contribution in [0.3, 0.4) is 0 Å². The Kier molecular flexibility index (Phi) is 7.72. The second-order valence-electron chi connectivity index (χ2n) is 8.07. The van der Waals surface area contributed by atoms with Crippen LogP contribution in [-0.4, -0.2) is 56.6 Å². The van der Waals surface area contributed by atoms with Crippen LogP contribution in [-0.2, 0) is 22.7 Å². The molecule has 192 valence electrons. The summed E-state index contributed by atoms with van der Waals surface area (Å²) in [7, 11) is 1.02. The number of anilines is 4. The van der Waals surface area contributed by atoms with Gasteiger partial charge in [0.05, 0.1) is 11.9 Å². The van der Waals surface area contributed by atoms with E-state index in [1.54, 1.807) is 62.6 Å². The van der Waals surface area contributed by atoms with E-state index in [1.807, 2.05) is 0 Å². The number of hydrogen-bond acceptors (Lipinski definition) is 7. The first-order valence-corrected chi connectivity index (χ1v) is 12.4. The Morgan fingerprint density at radius 3 is 2.25 bits per heavy atom. The largest absolute Gasteiger partial charge is 0.421 e. The summed E-state index contributed by atoms with van der Waals surface area (Å²) < 4.78 is 65.8. The molecule has 0 aliphatic heterocycles. The predicted molar refractivity (Wildman–Crippen MR) is 132 cm³/mol. The Morgan fingerprint density at radius 2 is 1.67 bits per heavy atom. The van der Waals surface area contributed by atoms with Crippen molar-refractivity contribution in [1.29, 1.82) is 0 Å². The Bertz CT molecular complexity index is 1350. The maximum atomic E-state index is 13.6. The van der Waals surface area contributed by atoms with Crippen LogP contribution >= 0.6 is 0 Å². The van der Waals surface area contributed by atoms with Crippen molar-refractivity contribution in [1.82, 2.24) is 14.9 Å². The molecular formula is C23H25F3N6O3S. The summed E-state index contributed by atoms with van der Waals surface area (Å²) >= 11 is 0. The molecule has 2 N–H and O–H groups in total. The molecule has 1 aromatic heterocycles. The first-order valence-electron chi connectivity index (χ1n) is 10.6. The van der Waals surface area contributed by atoms with E-state index in [4.69, 9.17) is 0 Å². The smallest absolute Gasteiger partial charge is 0.365 e. The number of aromatic nitrogens is 2. The monoisotopic (exact) mass is 522 g/mol. The normalized spacial score (nSPS) is 11.6. The second-order valence-corrected chi connectivity index (χ2v) is 10.1. The average Bonchev–Trinajstić information content (AvgIpc) is 2.81. The van der Waals surface area contributed by atoms with Gasteiger partial charge >= 0.3 is 6.18 Å². The van der Waals surface area contributed by atoms with Gasteiger partial charge in [0.15, 0.2) is 0 Å². The van der Waals surface area contributed by atoms with Crippen molar-refractivity contribution in [2.75, 3.05) is 42.3 Å². The molecule has 3 rings (SSSR count). The van der Waals surface area contributed by atoms with Crippen molar-refractivity contribution >= 4 is 39.1 Å². The molecule has 0 saturated heterocycles. The lowest BCUT2D eigenvalue weighted by atomic mass is 10.1. The standard InChI is InChI=1S/C23H25F3N6O3S/c1-31(2)21(33)15-9-11-17(12-10-15)29-22-28-14-18(23(24,25)26)20(30-22)27-13-16-7-5-6-8-19(16)32(3)36(4,34)35/h5-12,14H,13H2,1-4H3,(H2,27,28,29,30). The van der Waals surface area contributed by atoms with Gasteiger partial charge in [-0.25, -0.2) is 13.4 Å². The zero-order valence-corrected chi connectivity index (χ0v) is 20.8. The van der Waals surface area contributed by atoms with Crippen LogP contribution in [0, 0.1) is 0 Å². The minimum atomic E-state index is -4.72. The molecule has 9 nitrogen and oxygen atoms in total. The van der Waals surface area contributed by atoms with Gasteiger partial charge in [-0.2, -0.15) is 18.2 Å². The van der Waals surface area contributed by atoms with Crippen LogP contribution in [0.2, 0.25) is 0 Å². The predicted octanol–water partition coefficient (Wildman–Crippen LogP) is 3.95. The van der Waals surface area contributed by atoms with E-state index < -0.39 is 27.6 Å². The lowest BCUT2D eigenvalue weighted by Crippen LogP contribution is -2.26. The number of nitrogens with one attached hydrogen (secondary N) is 2. The van der Waals surface area contributed by atoms with Gasteiger partial charge in [0.25, 0.3) is 5.91 Å². The van der Waals surface area contributed by atoms with Gasteiger partial charge in [0, 0.05) is 45.1 Å². The number of amides is 1. The Labute approximate surface area is 207 Å². The van der Waals surface area contributed by atoms with Crippen LogP contribution in [0.15, 0.2) is 54.7 Å². The van der Waals surface area contributed by atoms with Crippen molar-refractivity contribution in [3.63, 3.8) is 0 Å². The molecule has 0 fully saturated rings. The van der Waals surface area contributed by atoms with Crippen LogP contribution in [0.4, 0.5) is 36.3 Å². The zero-order valence-electron chi connectivity index (χ0n) is 20.0. The highest BCUT2D eigenvalue weighted by Crippen LogP contribution is 2.34. The van der Waals surface area contributed by atoms with Gasteiger partial charge in [-0.3, -0.25) is 9.10 Å². The first-order chi connectivity index (χ1) is 16.8. The van der Waals surface area contributed by atoms with E-state index in [2.05, 4.69) is 20.6 Å². The third kappa shape index (κ3) is 6.42. The number of rotatable bonds is 8. The van der Waals surface area contributed by atoms with E-state index >= 15 is 0 Å². The Balaban J connectivity index is 1.87. The van der Waals surface area contributed by atoms with Crippen molar-refractivity contribution in [2.45, 2.75) is 12.7 Å².